The van der Waals surface area contributed by atoms with Gasteiger partial charge in [-0.05, 0) is 55.4 Å². The Morgan fingerprint density at radius 1 is 0.742 bits per heavy atom. The Morgan fingerprint density at radius 2 is 1.26 bits per heavy atom. The molecule has 0 unspecified atom stereocenters. The van der Waals surface area contributed by atoms with Crippen LogP contribution >= 0.6 is 0 Å². The maximum atomic E-state index is 5.68. The average Bonchev–Trinajstić information content (AvgIpc) is 2.76. The van der Waals surface area contributed by atoms with E-state index in [1.807, 2.05) is 0 Å². The molecule has 0 fully saturated rings. The van der Waals surface area contributed by atoms with Gasteiger partial charge in [0.25, 0.3) is 0 Å². The molecule has 0 radical (unpaired) electrons. The Morgan fingerprint density at radius 3 is 1.65 bits per heavy atom. The maximum Gasteiger partial charge on any atom is 0.119 e. The summed E-state index contributed by atoms with van der Waals surface area (Å²) < 4.78 is 5.68. The van der Waals surface area contributed by atoms with Gasteiger partial charge >= 0.3 is 0 Å². The zero-order valence-corrected chi connectivity index (χ0v) is 22.8. The van der Waals surface area contributed by atoms with Gasteiger partial charge in [0, 0.05) is 18.8 Å². The first-order valence-electron chi connectivity index (χ1n) is 13.4. The van der Waals surface area contributed by atoms with Gasteiger partial charge in [-0.15, -0.1) is 0 Å². The Labute approximate surface area is 197 Å². The zero-order valence-electron chi connectivity index (χ0n) is 22.8. The van der Waals surface area contributed by atoms with E-state index in [2.05, 4.69) is 91.5 Å². The molecule has 0 bridgehead atoms. The molecule has 0 aliphatic carbocycles. The van der Waals surface area contributed by atoms with Crippen LogP contribution in [0.2, 0.25) is 0 Å². The van der Waals surface area contributed by atoms with Gasteiger partial charge in [0.05, 0.1) is 6.61 Å². The van der Waals surface area contributed by atoms with Crippen LogP contribution in [0.5, 0.6) is 5.75 Å². The third kappa shape index (κ3) is 19.2. The van der Waals surface area contributed by atoms with Gasteiger partial charge in [0.2, 0.25) is 0 Å². The van der Waals surface area contributed by atoms with Crippen molar-refractivity contribution in [1.82, 2.24) is 0 Å². The molecule has 0 heterocycles. The predicted molar refractivity (Wildman–Crippen MR) is 144 cm³/mol. The lowest BCUT2D eigenvalue weighted by Gasteiger charge is -2.23. The number of unbranched alkanes of at least 4 members (excludes halogenated alkanes) is 1. The fraction of sp³-hybridized carbons (Fsp3) is 0.793. The monoisotopic (exact) mass is 435 g/mol. The van der Waals surface area contributed by atoms with Gasteiger partial charge in [-0.1, -0.05) is 101 Å². The molecule has 31 heavy (non-hydrogen) atoms. The lowest BCUT2D eigenvalue weighted by molar-refractivity contribution is 0.309. The summed E-state index contributed by atoms with van der Waals surface area (Å²) in [5.41, 5.74) is 1.31. The Kier molecular flexibility index (Phi) is 24.2. The molecule has 0 saturated heterocycles. The Bertz CT molecular complexity index is 444. The van der Waals surface area contributed by atoms with Crippen LogP contribution in [0.4, 0.5) is 5.69 Å². The number of rotatable bonds is 14. The first-order chi connectivity index (χ1) is 14.9. The minimum absolute atomic E-state index is 0.823. The quantitative estimate of drug-likeness (QED) is 0.269. The molecule has 0 atom stereocenters. The molecule has 2 heteroatoms. The molecular formula is C29H57NO. The highest BCUT2D eigenvalue weighted by molar-refractivity contribution is 5.49. The van der Waals surface area contributed by atoms with Crippen molar-refractivity contribution in [3.05, 3.63) is 24.3 Å². The van der Waals surface area contributed by atoms with Crippen molar-refractivity contribution < 1.29 is 4.74 Å². The minimum atomic E-state index is 0.823. The molecule has 0 N–H and O–H groups in total. The molecule has 2 nitrogen and oxygen atoms in total. The lowest BCUT2D eigenvalue weighted by Crippen LogP contribution is -2.24. The third-order valence-corrected chi connectivity index (χ3v) is 5.26. The second kappa shape index (κ2) is 23.5. The predicted octanol–water partition coefficient (Wildman–Crippen LogP) is 9.77. The van der Waals surface area contributed by atoms with Crippen LogP contribution in [0.25, 0.3) is 0 Å². The smallest absolute Gasteiger partial charge is 0.119 e. The first-order valence-corrected chi connectivity index (χ1v) is 13.4. The van der Waals surface area contributed by atoms with Gasteiger partial charge < -0.3 is 9.64 Å². The van der Waals surface area contributed by atoms with E-state index in [0.29, 0.717) is 0 Å². The van der Waals surface area contributed by atoms with E-state index in [1.165, 1.54) is 57.1 Å². The number of anilines is 1. The van der Waals surface area contributed by atoms with E-state index in [0.717, 1.165) is 43.7 Å². The van der Waals surface area contributed by atoms with E-state index in [9.17, 15) is 0 Å². The van der Waals surface area contributed by atoms with Crippen molar-refractivity contribution in [3.63, 3.8) is 0 Å². The topological polar surface area (TPSA) is 12.5 Å². The lowest BCUT2D eigenvalue weighted by atomic mass is 9.94. The van der Waals surface area contributed by atoms with Gasteiger partial charge in [-0.25, -0.2) is 0 Å². The van der Waals surface area contributed by atoms with Crippen molar-refractivity contribution in [1.29, 1.82) is 0 Å². The van der Waals surface area contributed by atoms with E-state index < -0.39 is 0 Å². The zero-order chi connectivity index (χ0) is 23.9. The second-order valence-electron chi connectivity index (χ2n) is 9.04. The summed E-state index contributed by atoms with van der Waals surface area (Å²) in [6.45, 7) is 23.2. The highest BCUT2D eigenvalue weighted by Gasteiger charge is 2.05. The Hall–Kier alpha value is -1.18. The van der Waals surface area contributed by atoms with E-state index in [4.69, 9.17) is 4.74 Å². The van der Waals surface area contributed by atoms with Crippen molar-refractivity contribution in [2.24, 2.45) is 11.8 Å². The molecule has 0 aromatic heterocycles. The molecular weight excluding hydrogens is 378 g/mol. The van der Waals surface area contributed by atoms with Crippen LogP contribution in [-0.4, -0.2) is 19.7 Å². The van der Waals surface area contributed by atoms with Crippen LogP contribution in [-0.2, 0) is 0 Å². The maximum absolute atomic E-state index is 5.68. The molecule has 0 amide bonds. The molecule has 1 aromatic carbocycles. The van der Waals surface area contributed by atoms with E-state index >= 15 is 0 Å². The standard InChI is InChI=1S/C16H27NO.C10H22.C3H8/c1-4-7-14-18-16-10-8-15(9-11-16)17(12-5-2)13-6-3;1-5-10(6-2)8-7-9(3)4;1-3-2/h8-11H,4-7,12-14H2,1-3H3;9-10H,5-8H2,1-4H3;3H2,1-2H3. The summed E-state index contributed by atoms with van der Waals surface area (Å²) in [5.74, 6) is 2.86. The third-order valence-electron chi connectivity index (χ3n) is 5.26. The number of hydrogen-bond acceptors (Lipinski definition) is 2. The van der Waals surface area contributed by atoms with Crippen molar-refractivity contribution in [2.45, 2.75) is 120 Å². The Balaban J connectivity index is 0. The fourth-order valence-electron chi connectivity index (χ4n) is 3.26. The van der Waals surface area contributed by atoms with Crippen molar-refractivity contribution >= 4 is 5.69 Å². The SMILES string of the molecule is CCC.CCC(CC)CCC(C)C.CCCCOc1ccc(N(CCC)CCC)cc1. The highest BCUT2D eigenvalue weighted by atomic mass is 16.5. The molecule has 0 saturated carbocycles. The summed E-state index contributed by atoms with van der Waals surface area (Å²) >= 11 is 0. The molecule has 184 valence electrons. The summed E-state index contributed by atoms with van der Waals surface area (Å²) in [7, 11) is 0. The van der Waals surface area contributed by atoms with Crippen LogP contribution in [0.3, 0.4) is 0 Å². The normalized spacial score (nSPS) is 10.3. The first kappa shape index (κ1) is 32.0. The molecule has 0 spiro atoms. The minimum Gasteiger partial charge on any atom is -0.494 e. The highest BCUT2D eigenvalue weighted by Crippen LogP contribution is 2.20. The summed E-state index contributed by atoms with van der Waals surface area (Å²) in [4.78, 5) is 2.44. The van der Waals surface area contributed by atoms with Crippen LogP contribution in [0.1, 0.15) is 120 Å². The second-order valence-corrected chi connectivity index (χ2v) is 9.04. The number of nitrogens with zero attached hydrogens (tertiary/aromatic N) is 1. The molecule has 0 aliphatic rings. The van der Waals surface area contributed by atoms with E-state index in [1.54, 1.807) is 0 Å². The van der Waals surface area contributed by atoms with Crippen molar-refractivity contribution in [2.75, 3.05) is 24.6 Å². The number of benzene rings is 1. The summed E-state index contributed by atoms with van der Waals surface area (Å²) in [6.07, 6.45) is 11.5. The largest absolute Gasteiger partial charge is 0.494 e. The van der Waals surface area contributed by atoms with Crippen LogP contribution in [0, 0.1) is 11.8 Å². The van der Waals surface area contributed by atoms with Gasteiger partial charge in [0.15, 0.2) is 0 Å². The van der Waals surface area contributed by atoms with Crippen LogP contribution < -0.4 is 9.64 Å². The molecule has 0 aliphatic heterocycles. The number of hydrogen-bond donors (Lipinski definition) is 0. The van der Waals surface area contributed by atoms with Gasteiger partial charge in [0.1, 0.15) is 5.75 Å². The van der Waals surface area contributed by atoms with Gasteiger partial charge in [-0.2, -0.15) is 0 Å². The van der Waals surface area contributed by atoms with Crippen LogP contribution in [0.15, 0.2) is 24.3 Å². The van der Waals surface area contributed by atoms with E-state index in [-0.39, 0.29) is 0 Å². The van der Waals surface area contributed by atoms with Crippen molar-refractivity contribution in [3.8, 4) is 5.75 Å². The fourth-order valence-corrected chi connectivity index (χ4v) is 3.26. The average molecular weight is 436 g/mol. The molecule has 1 aromatic rings. The van der Waals surface area contributed by atoms with Gasteiger partial charge in [-0.3, -0.25) is 0 Å². The number of ether oxygens (including phenoxy) is 1. The molecule has 1 rings (SSSR count). The summed E-state index contributed by atoms with van der Waals surface area (Å²) in [5, 5.41) is 0. The summed E-state index contributed by atoms with van der Waals surface area (Å²) in [6, 6.07) is 8.52.